The Morgan fingerprint density at radius 2 is 2.30 bits per heavy atom. The molecule has 1 aromatic rings. The second-order valence-corrected chi connectivity index (χ2v) is 5.53. The van der Waals surface area contributed by atoms with Crippen LogP contribution in [0.5, 0.6) is 0 Å². The van der Waals surface area contributed by atoms with Crippen molar-refractivity contribution < 1.29 is 5.21 Å². The summed E-state index contributed by atoms with van der Waals surface area (Å²) in [6, 6.07) is 2.65. The fourth-order valence-corrected chi connectivity index (χ4v) is 2.85. The molecule has 3 N–H and O–H groups in total. The number of nitrogens with two attached hydrogens (primary N) is 1. The van der Waals surface area contributed by atoms with E-state index in [1.807, 2.05) is 0 Å². The lowest BCUT2D eigenvalue weighted by Crippen LogP contribution is -2.34. The van der Waals surface area contributed by atoms with E-state index in [1.165, 1.54) is 25.7 Å². The average Bonchev–Trinajstić information content (AvgIpc) is 3.08. The van der Waals surface area contributed by atoms with Crippen LogP contribution in [0.4, 0.5) is 0 Å². The van der Waals surface area contributed by atoms with Gasteiger partial charge in [0.2, 0.25) is 0 Å². The van der Waals surface area contributed by atoms with Crippen LogP contribution >= 0.6 is 0 Å². The van der Waals surface area contributed by atoms with E-state index in [-0.39, 0.29) is 5.84 Å². The molecule has 2 rings (SSSR count). The molecule has 0 saturated heterocycles. The van der Waals surface area contributed by atoms with Crippen LogP contribution in [0, 0.1) is 0 Å². The highest BCUT2D eigenvalue weighted by atomic mass is 16.4. The van der Waals surface area contributed by atoms with E-state index in [4.69, 9.17) is 10.9 Å². The van der Waals surface area contributed by atoms with Crippen molar-refractivity contribution in [3.05, 3.63) is 18.0 Å². The molecule has 1 aliphatic rings. The molecule has 1 aromatic heterocycles. The summed E-state index contributed by atoms with van der Waals surface area (Å²) in [4.78, 5) is 2.15. The van der Waals surface area contributed by atoms with Gasteiger partial charge in [-0.15, -0.1) is 0 Å². The van der Waals surface area contributed by atoms with Crippen LogP contribution in [0.3, 0.4) is 0 Å². The van der Waals surface area contributed by atoms with Crippen molar-refractivity contribution >= 4 is 5.84 Å². The van der Waals surface area contributed by atoms with Gasteiger partial charge < -0.3 is 10.9 Å². The quantitative estimate of drug-likeness (QED) is 0.346. The highest BCUT2D eigenvalue weighted by Crippen LogP contribution is 2.28. The Hall–Kier alpha value is -1.56. The first-order valence-electron chi connectivity index (χ1n) is 7.45. The van der Waals surface area contributed by atoms with E-state index in [1.54, 1.807) is 0 Å². The van der Waals surface area contributed by atoms with E-state index in [2.05, 4.69) is 39.0 Å². The molecule has 6 heteroatoms. The molecule has 0 aromatic carbocycles. The van der Waals surface area contributed by atoms with Crippen LogP contribution < -0.4 is 5.73 Å². The van der Waals surface area contributed by atoms with Crippen LogP contribution in [0.15, 0.2) is 17.4 Å². The predicted octanol–water partition coefficient (Wildman–Crippen LogP) is 1.96. The van der Waals surface area contributed by atoms with Gasteiger partial charge in [-0.05, 0) is 31.9 Å². The topological polar surface area (TPSA) is 79.7 Å². The summed E-state index contributed by atoms with van der Waals surface area (Å²) in [5, 5.41) is 16.4. The van der Waals surface area contributed by atoms with Gasteiger partial charge in [-0.25, -0.2) is 0 Å². The highest BCUT2D eigenvalue weighted by molar-refractivity contribution is 5.81. The lowest BCUT2D eigenvalue weighted by atomic mass is 10.3. The maximum absolute atomic E-state index is 8.68. The lowest BCUT2D eigenvalue weighted by molar-refractivity contribution is 0.282. The maximum atomic E-state index is 8.68. The third-order valence-electron chi connectivity index (χ3n) is 3.80. The molecular formula is C14H25N5O. The Bertz CT molecular complexity index is 437. The minimum atomic E-state index is 0.244. The monoisotopic (exact) mass is 279 g/mol. The molecular weight excluding hydrogens is 254 g/mol. The molecule has 0 radical (unpaired) electrons. The normalized spacial score (nSPS) is 17.2. The van der Waals surface area contributed by atoms with E-state index in [9.17, 15) is 0 Å². The molecule has 0 bridgehead atoms. The molecule has 1 aliphatic carbocycles. The highest BCUT2D eigenvalue weighted by Gasteiger charge is 2.18. The maximum Gasteiger partial charge on any atom is 0.153 e. The van der Waals surface area contributed by atoms with Crippen LogP contribution in [-0.4, -0.2) is 38.8 Å². The molecule has 0 amide bonds. The smallest absolute Gasteiger partial charge is 0.153 e. The second kappa shape index (κ2) is 7.28. The molecule has 0 atom stereocenters. The molecule has 1 fully saturated rings. The minimum absolute atomic E-state index is 0.244. The van der Waals surface area contributed by atoms with Gasteiger partial charge in [0.25, 0.3) is 0 Å². The van der Waals surface area contributed by atoms with Gasteiger partial charge in [0, 0.05) is 12.7 Å². The summed E-state index contributed by atoms with van der Waals surface area (Å²) in [5.41, 5.74) is 6.65. The number of amidine groups is 1. The fourth-order valence-electron chi connectivity index (χ4n) is 2.85. The fraction of sp³-hybridized carbons (Fsp3) is 0.714. The largest absolute Gasteiger partial charge is 0.409 e. The molecule has 1 heterocycles. The molecule has 1 saturated carbocycles. The van der Waals surface area contributed by atoms with Gasteiger partial charge in [-0.3, -0.25) is 9.58 Å². The van der Waals surface area contributed by atoms with E-state index in [0.717, 1.165) is 25.2 Å². The van der Waals surface area contributed by atoms with E-state index >= 15 is 0 Å². The average molecular weight is 279 g/mol. The zero-order valence-corrected chi connectivity index (χ0v) is 12.2. The molecule has 0 spiro atoms. The zero-order chi connectivity index (χ0) is 14.4. The van der Waals surface area contributed by atoms with Crippen molar-refractivity contribution in [1.82, 2.24) is 14.7 Å². The van der Waals surface area contributed by atoms with Crippen molar-refractivity contribution in [2.75, 3.05) is 13.1 Å². The summed E-state index contributed by atoms with van der Waals surface area (Å²) in [6.45, 7) is 4.24. The number of nitrogens with zero attached hydrogens (tertiary/aromatic N) is 4. The first kappa shape index (κ1) is 14.8. The minimum Gasteiger partial charge on any atom is -0.409 e. The van der Waals surface area contributed by atoms with Gasteiger partial charge in [0.1, 0.15) is 0 Å². The Kier molecular flexibility index (Phi) is 5.40. The number of hydrogen-bond donors (Lipinski definition) is 2. The number of oxime groups is 1. The Labute approximate surface area is 120 Å². The van der Waals surface area contributed by atoms with Gasteiger partial charge in [-0.2, -0.15) is 5.10 Å². The van der Waals surface area contributed by atoms with Gasteiger partial charge >= 0.3 is 0 Å². The molecule has 0 aliphatic heterocycles. The predicted molar refractivity (Wildman–Crippen MR) is 78.7 cm³/mol. The summed E-state index contributed by atoms with van der Waals surface area (Å²) in [7, 11) is 0. The van der Waals surface area contributed by atoms with Crippen LogP contribution in [0.2, 0.25) is 0 Å². The second-order valence-electron chi connectivity index (χ2n) is 5.53. The van der Waals surface area contributed by atoms with Crippen LogP contribution in [0.25, 0.3) is 0 Å². The summed E-state index contributed by atoms with van der Waals surface area (Å²) >= 11 is 0. The molecule has 112 valence electrons. The Balaban J connectivity index is 1.95. The van der Waals surface area contributed by atoms with Crippen molar-refractivity contribution in [2.45, 2.75) is 51.6 Å². The lowest BCUT2D eigenvalue weighted by Gasteiger charge is -2.19. The first-order valence-corrected chi connectivity index (χ1v) is 7.45. The summed E-state index contributed by atoms with van der Waals surface area (Å²) < 4.78 is 2.11. The third kappa shape index (κ3) is 3.96. The summed E-state index contributed by atoms with van der Waals surface area (Å²) in [6.07, 6.45) is 8.21. The van der Waals surface area contributed by atoms with Crippen molar-refractivity contribution in [3.8, 4) is 0 Å². The first-order chi connectivity index (χ1) is 9.72. The van der Waals surface area contributed by atoms with Gasteiger partial charge in [0.05, 0.1) is 18.3 Å². The van der Waals surface area contributed by atoms with Crippen LogP contribution in [-0.2, 0) is 6.54 Å². The third-order valence-corrected chi connectivity index (χ3v) is 3.80. The Morgan fingerprint density at radius 3 is 2.95 bits per heavy atom. The number of hydrogen-bond acceptors (Lipinski definition) is 4. The Morgan fingerprint density at radius 1 is 1.55 bits per heavy atom. The number of aromatic nitrogens is 2. The van der Waals surface area contributed by atoms with E-state index < -0.39 is 0 Å². The zero-order valence-electron chi connectivity index (χ0n) is 12.2. The van der Waals surface area contributed by atoms with Crippen molar-refractivity contribution in [1.29, 1.82) is 0 Å². The number of rotatable bonds is 7. The van der Waals surface area contributed by atoms with Crippen molar-refractivity contribution in [3.63, 3.8) is 0 Å². The SMILES string of the molecule is CCCN(CC(N)=NO)Cc1ccn(C2CCCC2)n1. The van der Waals surface area contributed by atoms with Gasteiger partial charge in [0.15, 0.2) is 5.84 Å². The van der Waals surface area contributed by atoms with Crippen molar-refractivity contribution in [2.24, 2.45) is 10.9 Å². The standard InChI is InChI=1S/C14H25N5O/c1-2-8-18(11-14(15)17-20)10-12-7-9-19(16-12)13-5-3-4-6-13/h7,9,13,20H,2-6,8,10-11H2,1H3,(H2,15,17). The molecule has 20 heavy (non-hydrogen) atoms. The van der Waals surface area contributed by atoms with Crippen LogP contribution in [0.1, 0.15) is 50.8 Å². The molecule has 6 nitrogen and oxygen atoms in total. The van der Waals surface area contributed by atoms with E-state index in [0.29, 0.717) is 12.6 Å². The molecule has 0 unspecified atom stereocenters. The van der Waals surface area contributed by atoms with Gasteiger partial charge in [-0.1, -0.05) is 24.9 Å². The summed E-state index contributed by atoms with van der Waals surface area (Å²) in [5.74, 6) is 0.244.